The normalized spacial score (nSPS) is 21.9. The summed E-state index contributed by atoms with van der Waals surface area (Å²) < 4.78 is 4.67. The maximum atomic E-state index is 11.2. The molecule has 2 heterocycles. The van der Waals surface area contributed by atoms with Gasteiger partial charge in [-0.2, -0.15) is 0 Å². The van der Waals surface area contributed by atoms with Crippen LogP contribution in [-0.2, 0) is 9.53 Å². The number of esters is 1. The number of carbonyl (C=O) groups is 1. The van der Waals surface area contributed by atoms with Gasteiger partial charge >= 0.3 is 5.97 Å². The van der Waals surface area contributed by atoms with E-state index in [1.165, 1.54) is 7.11 Å². The molecule has 2 rings (SSSR count). The molecular formula is C11H17N3O2. The summed E-state index contributed by atoms with van der Waals surface area (Å²) in [6.07, 6.45) is 5.84. The first-order valence-corrected chi connectivity index (χ1v) is 5.58. The summed E-state index contributed by atoms with van der Waals surface area (Å²) in [5.74, 6) is 1.27. The summed E-state index contributed by atoms with van der Waals surface area (Å²) in [5, 5.41) is 0. The maximum absolute atomic E-state index is 11.2. The molecule has 88 valence electrons. The molecule has 1 aliphatic heterocycles. The zero-order valence-corrected chi connectivity index (χ0v) is 9.48. The van der Waals surface area contributed by atoms with Crippen molar-refractivity contribution in [2.45, 2.75) is 18.8 Å². The number of imidazole rings is 1. The fourth-order valence-electron chi connectivity index (χ4n) is 2.17. The van der Waals surface area contributed by atoms with E-state index in [-0.39, 0.29) is 5.97 Å². The summed E-state index contributed by atoms with van der Waals surface area (Å²) in [6.45, 7) is 2.22. The van der Waals surface area contributed by atoms with Crippen LogP contribution in [0, 0.1) is 0 Å². The van der Waals surface area contributed by atoms with Crippen LogP contribution in [0.3, 0.4) is 0 Å². The van der Waals surface area contributed by atoms with Crippen LogP contribution in [0.25, 0.3) is 0 Å². The minimum atomic E-state index is -0.167. The Morgan fingerprint density at radius 1 is 1.75 bits per heavy atom. The largest absolute Gasteiger partial charge is 0.468 e. The molecule has 5 nitrogen and oxygen atoms in total. The van der Waals surface area contributed by atoms with Crippen molar-refractivity contribution in [2.24, 2.45) is 0 Å². The smallest absolute Gasteiger partial charge is 0.319 e. The fourth-order valence-corrected chi connectivity index (χ4v) is 2.17. The van der Waals surface area contributed by atoms with E-state index in [1.54, 1.807) is 6.20 Å². The van der Waals surface area contributed by atoms with Crippen molar-refractivity contribution in [3.05, 3.63) is 18.2 Å². The van der Waals surface area contributed by atoms with Gasteiger partial charge in [0.1, 0.15) is 5.82 Å². The number of hydrogen-bond donors (Lipinski definition) is 1. The fraction of sp³-hybridized carbons (Fsp3) is 0.636. The van der Waals surface area contributed by atoms with E-state index < -0.39 is 0 Å². The highest BCUT2D eigenvalue weighted by Crippen LogP contribution is 2.23. The lowest BCUT2D eigenvalue weighted by Crippen LogP contribution is -2.38. The van der Waals surface area contributed by atoms with Gasteiger partial charge in [-0.3, -0.25) is 9.69 Å². The Morgan fingerprint density at radius 3 is 3.31 bits per heavy atom. The molecule has 0 spiro atoms. The second-order valence-electron chi connectivity index (χ2n) is 4.12. The Kier molecular flexibility index (Phi) is 3.56. The lowest BCUT2D eigenvalue weighted by molar-refractivity contribution is -0.142. The Morgan fingerprint density at radius 2 is 2.62 bits per heavy atom. The Balaban J connectivity index is 1.91. The molecule has 0 saturated carbocycles. The quantitative estimate of drug-likeness (QED) is 0.769. The summed E-state index contributed by atoms with van der Waals surface area (Å²) in [7, 11) is 1.43. The van der Waals surface area contributed by atoms with Crippen LogP contribution in [0.1, 0.15) is 24.6 Å². The first kappa shape index (κ1) is 11.1. The second-order valence-corrected chi connectivity index (χ2v) is 4.12. The topological polar surface area (TPSA) is 58.2 Å². The zero-order chi connectivity index (χ0) is 11.4. The van der Waals surface area contributed by atoms with E-state index in [4.69, 9.17) is 0 Å². The lowest BCUT2D eigenvalue weighted by Gasteiger charge is -2.30. The molecule has 16 heavy (non-hydrogen) atoms. The number of likely N-dealkylation sites (tertiary alicyclic amines) is 1. The average Bonchev–Trinajstić information content (AvgIpc) is 2.83. The van der Waals surface area contributed by atoms with Crippen LogP contribution < -0.4 is 0 Å². The van der Waals surface area contributed by atoms with Crippen molar-refractivity contribution in [1.29, 1.82) is 0 Å². The van der Waals surface area contributed by atoms with E-state index >= 15 is 0 Å². The van der Waals surface area contributed by atoms with Crippen molar-refractivity contribution in [3.63, 3.8) is 0 Å². The molecule has 1 aliphatic rings. The number of ether oxygens (including phenoxy) is 1. The Hall–Kier alpha value is -1.36. The molecule has 1 N–H and O–H groups in total. The molecule has 0 bridgehead atoms. The second kappa shape index (κ2) is 5.12. The molecule has 1 saturated heterocycles. The van der Waals surface area contributed by atoms with Crippen molar-refractivity contribution >= 4 is 5.97 Å². The van der Waals surface area contributed by atoms with Crippen LogP contribution in [0.2, 0.25) is 0 Å². The average molecular weight is 223 g/mol. The number of nitrogens with zero attached hydrogens (tertiary/aromatic N) is 2. The predicted octanol–water partition coefficient (Wildman–Crippen LogP) is 0.762. The number of hydrogen-bond acceptors (Lipinski definition) is 4. The monoisotopic (exact) mass is 223 g/mol. The van der Waals surface area contributed by atoms with Crippen molar-refractivity contribution in [1.82, 2.24) is 14.9 Å². The SMILES string of the molecule is COC(=O)CN1CCC[C@H](c2ncc[nH]2)C1. The highest BCUT2D eigenvalue weighted by atomic mass is 16.5. The molecule has 5 heteroatoms. The van der Waals surface area contributed by atoms with Gasteiger partial charge in [0.2, 0.25) is 0 Å². The summed E-state index contributed by atoms with van der Waals surface area (Å²) >= 11 is 0. The first-order valence-electron chi connectivity index (χ1n) is 5.58. The molecule has 1 fully saturated rings. The molecule has 1 aromatic heterocycles. The third-order valence-corrected chi connectivity index (χ3v) is 2.99. The Labute approximate surface area is 94.8 Å². The third-order valence-electron chi connectivity index (χ3n) is 2.99. The Bertz CT molecular complexity index is 337. The molecule has 0 unspecified atom stereocenters. The number of aromatic nitrogens is 2. The molecule has 0 aromatic carbocycles. The van der Waals surface area contributed by atoms with E-state index in [0.717, 1.165) is 31.8 Å². The molecule has 0 radical (unpaired) electrons. The number of nitrogens with one attached hydrogen (secondary N) is 1. The minimum Gasteiger partial charge on any atom is -0.468 e. The van der Waals surface area contributed by atoms with Crippen LogP contribution in [0.5, 0.6) is 0 Å². The zero-order valence-electron chi connectivity index (χ0n) is 9.48. The van der Waals surface area contributed by atoms with Crippen LogP contribution in [0.15, 0.2) is 12.4 Å². The number of methoxy groups -OCH3 is 1. The van der Waals surface area contributed by atoms with Crippen molar-refractivity contribution in [2.75, 3.05) is 26.7 Å². The van der Waals surface area contributed by atoms with Gasteiger partial charge in [-0.15, -0.1) is 0 Å². The van der Waals surface area contributed by atoms with Crippen molar-refractivity contribution in [3.8, 4) is 0 Å². The maximum Gasteiger partial charge on any atom is 0.319 e. The molecule has 0 aliphatic carbocycles. The number of rotatable bonds is 3. The predicted molar refractivity (Wildman–Crippen MR) is 59.0 cm³/mol. The summed E-state index contributed by atoms with van der Waals surface area (Å²) in [6, 6.07) is 0. The van der Waals surface area contributed by atoms with Crippen molar-refractivity contribution < 1.29 is 9.53 Å². The van der Waals surface area contributed by atoms with E-state index in [9.17, 15) is 4.79 Å². The summed E-state index contributed by atoms with van der Waals surface area (Å²) in [5.41, 5.74) is 0. The van der Waals surface area contributed by atoms with Crippen LogP contribution in [-0.4, -0.2) is 47.6 Å². The van der Waals surface area contributed by atoms with Gasteiger partial charge in [0.25, 0.3) is 0 Å². The standard InChI is InChI=1S/C11H17N3O2/c1-16-10(15)8-14-6-2-3-9(7-14)11-12-4-5-13-11/h4-5,9H,2-3,6-8H2,1H3,(H,12,13)/t9-/m0/s1. The van der Waals surface area contributed by atoms with E-state index in [2.05, 4.69) is 19.6 Å². The first-order chi connectivity index (χ1) is 7.79. The lowest BCUT2D eigenvalue weighted by atomic mass is 9.97. The van der Waals surface area contributed by atoms with E-state index in [0.29, 0.717) is 12.5 Å². The van der Waals surface area contributed by atoms with Crippen LogP contribution >= 0.6 is 0 Å². The third kappa shape index (κ3) is 2.61. The van der Waals surface area contributed by atoms with Gasteiger partial charge in [-0.25, -0.2) is 4.98 Å². The van der Waals surface area contributed by atoms with Gasteiger partial charge < -0.3 is 9.72 Å². The van der Waals surface area contributed by atoms with Gasteiger partial charge in [0.15, 0.2) is 0 Å². The van der Waals surface area contributed by atoms with Crippen LogP contribution in [0.4, 0.5) is 0 Å². The van der Waals surface area contributed by atoms with E-state index in [1.807, 2.05) is 6.20 Å². The summed E-state index contributed by atoms with van der Waals surface area (Å²) in [4.78, 5) is 20.7. The van der Waals surface area contributed by atoms with Gasteiger partial charge in [-0.05, 0) is 19.4 Å². The highest BCUT2D eigenvalue weighted by molar-refractivity contribution is 5.71. The number of aromatic amines is 1. The van der Waals surface area contributed by atoms with Gasteiger partial charge in [-0.1, -0.05) is 0 Å². The van der Waals surface area contributed by atoms with Gasteiger partial charge in [0, 0.05) is 24.9 Å². The minimum absolute atomic E-state index is 0.167. The molecule has 1 atom stereocenters. The molecule has 0 amide bonds. The molecular weight excluding hydrogens is 206 g/mol. The highest BCUT2D eigenvalue weighted by Gasteiger charge is 2.24. The molecule has 1 aromatic rings. The number of H-pyrrole nitrogens is 1. The number of piperidine rings is 1. The van der Waals surface area contributed by atoms with Gasteiger partial charge in [0.05, 0.1) is 13.7 Å². The number of carbonyl (C=O) groups excluding carboxylic acids is 1.